The van der Waals surface area contributed by atoms with Gasteiger partial charge in [0.15, 0.2) is 6.04 Å². The molecule has 0 saturated carbocycles. The van der Waals surface area contributed by atoms with Crippen LogP contribution in [0.25, 0.3) is 0 Å². The second-order valence-electron chi connectivity index (χ2n) is 10.7. The first-order chi connectivity index (χ1) is 20.3. The molecule has 3 heterocycles. The summed E-state index contributed by atoms with van der Waals surface area (Å²) in [5, 5.41) is 5.69. The maximum atomic E-state index is 13.8. The largest absolute Gasteiger partial charge is 0.465 e. The summed E-state index contributed by atoms with van der Waals surface area (Å²) in [6.45, 7) is 4.59. The molecule has 1 N–H and O–H groups in total. The summed E-state index contributed by atoms with van der Waals surface area (Å²) in [6.07, 6.45) is 3.94. The lowest BCUT2D eigenvalue weighted by atomic mass is 10.0. The van der Waals surface area contributed by atoms with Crippen molar-refractivity contribution < 1.29 is 38.2 Å². The van der Waals surface area contributed by atoms with Crippen molar-refractivity contribution in [1.29, 1.82) is 0 Å². The molecule has 3 aliphatic heterocycles. The van der Waals surface area contributed by atoms with Crippen molar-refractivity contribution in [2.45, 2.75) is 89.8 Å². The van der Waals surface area contributed by atoms with Crippen LogP contribution in [0.3, 0.4) is 0 Å². The molecule has 2 saturated heterocycles. The van der Waals surface area contributed by atoms with E-state index in [0.717, 1.165) is 6.42 Å². The fourth-order valence-electron chi connectivity index (χ4n) is 5.63. The number of benzene rings is 1. The topological polar surface area (TPSA) is 143 Å². The summed E-state index contributed by atoms with van der Waals surface area (Å²) in [5.74, 6) is -2.46. The van der Waals surface area contributed by atoms with Gasteiger partial charge in [0.05, 0.1) is 30.4 Å². The molecule has 4 amide bonds. The Labute approximate surface area is 245 Å². The number of ether oxygens (including phenoxy) is 2. The van der Waals surface area contributed by atoms with Gasteiger partial charge in [0, 0.05) is 19.5 Å². The summed E-state index contributed by atoms with van der Waals surface area (Å²) < 4.78 is 10.7. The Bertz CT molecular complexity index is 1170. The Kier molecular flexibility index (Phi) is 10.7. The number of unbranched alkanes of at least 4 members (excludes halogenated alkanes) is 2. The molecule has 228 valence electrons. The molecule has 0 bridgehead atoms. The van der Waals surface area contributed by atoms with E-state index in [4.69, 9.17) is 9.47 Å². The van der Waals surface area contributed by atoms with E-state index < -0.39 is 36.0 Å². The standard InChI is InChI=1S/C30H40N4O8/c1-3-5-19-42-30(40)24-14-10-18-33-25(35)16-15-22(28(38)34(24)33)31-23(29(39)41-4-2)13-8-9-17-32-26(36)20-11-6-7-12-21(20)27(32)37/h6-7,11-12,22-24,31H,3-5,8-10,13-19H2,1-2H3. The Morgan fingerprint density at radius 2 is 1.69 bits per heavy atom. The fraction of sp³-hybridized carbons (Fsp3) is 0.600. The van der Waals surface area contributed by atoms with E-state index in [9.17, 15) is 28.8 Å². The fourth-order valence-corrected chi connectivity index (χ4v) is 5.63. The van der Waals surface area contributed by atoms with Crippen molar-refractivity contribution in [3.8, 4) is 0 Å². The van der Waals surface area contributed by atoms with E-state index >= 15 is 0 Å². The molecule has 3 atom stereocenters. The number of hydrogen-bond donors (Lipinski definition) is 1. The van der Waals surface area contributed by atoms with Crippen LogP contribution < -0.4 is 5.32 Å². The zero-order chi connectivity index (χ0) is 30.2. The van der Waals surface area contributed by atoms with Gasteiger partial charge in [0.1, 0.15) is 6.04 Å². The van der Waals surface area contributed by atoms with Gasteiger partial charge in [-0.05, 0) is 64.0 Å². The zero-order valence-corrected chi connectivity index (χ0v) is 24.3. The van der Waals surface area contributed by atoms with Crippen LogP contribution >= 0.6 is 0 Å². The molecule has 3 unspecified atom stereocenters. The first-order valence-corrected chi connectivity index (χ1v) is 15.0. The van der Waals surface area contributed by atoms with Crippen LogP contribution in [0.4, 0.5) is 0 Å². The van der Waals surface area contributed by atoms with Gasteiger partial charge >= 0.3 is 11.9 Å². The lowest BCUT2D eigenvalue weighted by Crippen LogP contribution is -2.63. The molecule has 12 heteroatoms. The number of esters is 2. The van der Waals surface area contributed by atoms with E-state index in [2.05, 4.69) is 5.32 Å². The van der Waals surface area contributed by atoms with Crippen LogP contribution in [0.15, 0.2) is 24.3 Å². The third-order valence-corrected chi connectivity index (χ3v) is 7.85. The number of amides is 4. The molecular weight excluding hydrogens is 544 g/mol. The number of fused-ring (bicyclic) bond motifs is 2. The molecule has 1 aromatic rings. The lowest BCUT2D eigenvalue weighted by Gasteiger charge is -2.42. The van der Waals surface area contributed by atoms with E-state index in [-0.39, 0.29) is 56.7 Å². The number of rotatable bonds is 13. The average Bonchev–Trinajstić information content (AvgIpc) is 3.16. The molecule has 0 spiro atoms. The smallest absolute Gasteiger partial charge is 0.330 e. The van der Waals surface area contributed by atoms with Crippen molar-refractivity contribution in [2.24, 2.45) is 0 Å². The molecule has 42 heavy (non-hydrogen) atoms. The van der Waals surface area contributed by atoms with Crippen LogP contribution in [0, 0.1) is 0 Å². The van der Waals surface area contributed by atoms with Crippen LogP contribution in [0.5, 0.6) is 0 Å². The highest BCUT2D eigenvalue weighted by Gasteiger charge is 2.45. The molecule has 0 radical (unpaired) electrons. The molecule has 0 aliphatic carbocycles. The summed E-state index contributed by atoms with van der Waals surface area (Å²) in [5.41, 5.74) is 0.767. The van der Waals surface area contributed by atoms with E-state index in [0.29, 0.717) is 49.8 Å². The Hall–Kier alpha value is -3.80. The Balaban J connectivity index is 1.41. The van der Waals surface area contributed by atoms with Gasteiger partial charge in [-0.15, -0.1) is 0 Å². The minimum absolute atomic E-state index is 0.0762. The summed E-state index contributed by atoms with van der Waals surface area (Å²) >= 11 is 0. The minimum Gasteiger partial charge on any atom is -0.465 e. The zero-order valence-electron chi connectivity index (χ0n) is 24.3. The number of nitrogens with zero attached hydrogens (tertiary/aromatic N) is 3. The van der Waals surface area contributed by atoms with Gasteiger partial charge in [-0.2, -0.15) is 0 Å². The number of hydrogen-bond acceptors (Lipinski definition) is 9. The van der Waals surface area contributed by atoms with Gasteiger partial charge in [-0.1, -0.05) is 25.5 Å². The quantitative estimate of drug-likeness (QED) is 0.210. The second kappa shape index (κ2) is 14.4. The monoisotopic (exact) mass is 584 g/mol. The molecule has 2 fully saturated rings. The Morgan fingerprint density at radius 1 is 0.976 bits per heavy atom. The maximum absolute atomic E-state index is 13.8. The number of carbonyl (C=O) groups excluding carboxylic acids is 6. The molecular formula is C30H40N4O8. The number of nitrogens with one attached hydrogen (secondary N) is 1. The van der Waals surface area contributed by atoms with Crippen molar-refractivity contribution in [3.63, 3.8) is 0 Å². The summed E-state index contributed by atoms with van der Waals surface area (Å²) in [4.78, 5) is 79.1. The highest BCUT2D eigenvalue weighted by atomic mass is 16.5. The minimum atomic E-state index is -0.907. The van der Waals surface area contributed by atoms with Gasteiger partial charge in [-0.25, -0.2) is 9.80 Å². The van der Waals surface area contributed by atoms with E-state index in [1.165, 1.54) is 14.9 Å². The summed E-state index contributed by atoms with van der Waals surface area (Å²) in [7, 11) is 0. The van der Waals surface area contributed by atoms with Gasteiger partial charge in [0.2, 0.25) is 5.91 Å². The number of imide groups is 1. The molecule has 1 aromatic carbocycles. The van der Waals surface area contributed by atoms with Gasteiger partial charge in [-0.3, -0.25) is 39.2 Å². The Morgan fingerprint density at radius 3 is 2.36 bits per heavy atom. The normalized spacial score (nSPS) is 21.1. The highest BCUT2D eigenvalue weighted by Crippen LogP contribution is 2.27. The van der Waals surface area contributed by atoms with Crippen molar-refractivity contribution in [3.05, 3.63) is 35.4 Å². The summed E-state index contributed by atoms with van der Waals surface area (Å²) in [6, 6.07) is 4.03. The third-order valence-electron chi connectivity index (χ3n) is 7.85. The third kappa shape index (κ3) is 6.80. The maximum Gasteiger partial charge on any atom is 0.330 e. The molecule has 3 aliphatic rings. The highest BCUT2D eigenvalue weighted by molar-refractivity contribution is 6.21. The predicted octanol–water partition coefficient (Wildman–Crippen LogP) is 2.21. The first-order valence-electron chi connectivity index (χ1n) is 15.0. The molecule has 12 nitrogen and oxygen atoms in total. The van der Waals surface area contributed by atoms with Crippen molar-refractivity contribution in [1.82, 2.24) is 20.2 Å². The molecule has 4 rings (SSSR count). The average molecular weight is 585 g/mol. The molecule has 0 aromatic heterocycles. The van der Waals surface area contributed by atoms with Crippen LogP contribution in [-0.4, -0.2) is 94.9 Å². The van der Waals surface area contributed by atoms with Crippen LogP contribution in [-0.2, 0) is 28.7 Å². The SMILES string of the molecule is CCCCOC(=O)C1CCCN2C(=O)CCC(NC(CCCCN3C(=O)c4ccccc4C3=O)C(=O)OCC)C(=O)N12. The predicted molar refractivity (Wildman–Crippen MR) is 150 cm³/mol. The van der Waals surface area contributed by atoms with Crippen molar-refractivity contribution >= 4 is 35.6 Å². The van der Waals surface area contributed by atoms with Gasteiger partial charge in [0.25, 0.3) is 17.7 Å². The van der Waals surface area contributed by atoms with E-state index in [1.54, 1.807) is 31.2 Å². The number of carbonyl (C=O) groups is 6. The lowest BCUT2D eigenvalue weighted by molar-refractivity contribution is -0.183. The van der Waals surface area contributed by atoms with Crippen LogP contribution in [0.2, 0.25) is 0 Å². The van der Waals surface area contributed by atoms with Gasteiger partial charge < -0.3 is 9.47 Å². The van der Waals surface area contributed by atoms with E-state index in [1.807, 2.05) is 6.92 Å². The van der Waals surface area contributed by atoms with Crippen LogP contribution in [0.1, 0.15) is 92.4 Å². The second-order valence-corrected chi connectivity index (χ2v) is 10.7. The number of hydrazine groups is 1. The van der Waals surface area contributed by atoms with Crippen molar-refractivity contribution in [2.75, 3.05) is 26.3 Å². The first kappa shape index (κ1) is 31.1.